The number of hydrogen-bond donors (Lipinski definition) is 2. The van der Waals surface area contributed by atoms with Gasteiger partial charge in [-0.25, -0.2) is 0 Å². The van der Waals surface area contributed by atoms with Gasteiger partial charge in [-0.1, -0.05) is 18.2 Å². The van der Waals surface area contributed by atoms with E-state index < -0.39 is 0 Å². The predicted molar refractivity (Wildman–Crippen MR) is 87.9 cm³/mol. The SMILES string of the molecule is CC1(C)C(NC(=O)c2cc3ccccc3[nH]2)C2CCN1CC2. The van der Waals surface area contributed by atoms with Gasteiger partial charge in [-0.2, -0.15) is 0 Å². The van der Waals surface area contributed by atoms with Crippen LogP contribution in [0.4, 0.5) is 0 Å². The predicted octanol–water partition coefficient (Wildman–Crippen LogP) is 2.77. The summed E-state index contributed by atoms with van der Waals surface area (Å²) >= 11 is 0. The summed E-state index contributed by atoms with van der Waals surface area (Å²) in [5.74, 6) is 0.622. The first kappa shape index (κ1) is 13.8. The van der Waals surface area contributed by atoms with Crippen LogP contribution in [0.25, 0.3) is 10.9 Å². The van der Waals surface area contributed by atoms with Gasteiger partial charge >= 0.3 is 0 Å². The van der Waals surface area contributed by atoms with Gasteiger partial charge in [0, 0.05) is 22.5 Å². The van der Waals surface area contributed by atoms with Crippen molar-refractivity contribution in [1.29, 1.82) is 0 Å². The number of piperidine rings is 3. The summed E-state index contributed by atoms with van der Waals surface area (Å²) in [6, 6.07) is 10.2. The second-order valence-corrected chi connectivity index (χ2v) is 7.20. The molecule has 1 amide bonds. The second-order valence-electron chi connectivity index (χ2n) is 7.20. The summed E-state index contributed by atoms with van der Waals surface area (Å²) < 4.78 is 0. The molecule has 1 unspecified atom stereocenters. The maximum absolute atomic E-state index is 12.7. The second kappa shape index (κ2) is 4.85. The van der Waals surface area contributed by atoms with Crippen molar-refractivity contribution in [1.82, 2.24) is 15.2 Å². The highest BCUT2D eigenvalue weighted by atomic mass is 16.2. The zero-order valence-electron chi connectivity index (χ0n) is 13.2. The highest BCUT2D eigenvalue weighted by Crippen LogP contribution is 2.39. The van der Waals surface area contributed by atoms with Crippen molar-refractivity contribution in [2.45, 2.75) is 38.3 Å². The minimum atomic E-state index is 0.0167. The monoisotopic (exact) mass is 297 g/mol. The molecule has 1 aromatic heterocycles. The van der Waals surface area contributed by atoms with E-state index in [1.165, 1.54) is 12.8 Å². The number of aromatic amines is 1. The van der Waals surface area contributed by atoms with E-state index in [-0.39, 0.29) is 17.5 Å². The minimum absolute atomic E-state index is 0.0167. The van der Waals surface area contributed by atoms with Gasteiger partial charge in [0.25, 0.3) is 5.91 Å². The first-order valence-corrected chi connectivity index (χ1v) is 8.19. The number of amides is 1. The normalized spacial score (nSPS) is 29.6. The quantitative estimate of drug-likeness (QED) is 0.895. The molecule has 4 heteroatoms. The maximum Gasteiger partial charge on any atom is 0.268 e. The fraction of sp³-hybridized carbons (Fsp3) is 0.500. The molecule has 2 N–H and O–H groups in total. The lowest BCUT2D eigenvalue weighted by atomic mass is 9.72. The summed E-state index contributed by atoms with van der Waals surface area (Å²) in [5.41, 5.74) is 1.72. The van der Waals surface area contributed by atoms with Crippen molar-refractivity contribution < 1.29 is 4.79 Å². The average molecular weight is 297 g/mol. The number of carbonyl (C=O) groups is 1. The number of hydrogen-bond acceptors (Lipinski definition) is 2. The van der Waals surface area contributed by atoms with Gasteiger partial charge in [-0.05, 0) is 57.8 Å². The smallest absolute Gasteiger partial charge is 0.268 e. The average Bonchev–Trinajstić information content (AvgIpc) is 2.95. The molecule has 116 valence electrons. The van der Waals surface area contributed by atoms with E-state index in [1.807, 2.05) is 30.3 Å². The Morgan fingerprint density at radius 2 is 2.00 bits per heavy atom. The van der Waals surface area contributed by atoms with E-state index in [2.05, 4.69) is 29.0 Å². The molecule has 4 heterocycles. The van der Waals surface area contributed by atoms with Gasteiger partial charge in [0.05, 0.1) is 0 Å². The standard InChI is InChI=1S/C18H23N3O/c1-18(2)16(12-7-9-21(18)10-8-12)20-17(22)15-11-13-5-3-4-6-14(13)19-15/h3-6,11-12,16,19H,7-10H2,1-2H3,(H,20,22). The van der Waals surface area contributed by atoms with Gasteiger partial charge in [0.2, 0.25) is 0 Å². The lowest BCUT2D eigenvalue weighted by Crippen LogP contribution is -2.69. The largest absolute Gasteiger partial charge is 0.351 e. The van der Waals surface area contributed by atoms with E-state index in [9.17, 15) is 4.79 Å². The van der Waals surface area contributed by atoms with E-state index in [0.717, 1.165) is 24.0 Å². The number of carbonyl (C=O) groups excluding carboxylic acids is 1. The summed E-state index contributed by atoms with van der Waals surface area (Å²) in [6.07, 6.45) is 2.39. The van der Waals surface area contributed by atoms with Gasteiger partial charge in [0.1, 0.15) is 5.69 Å². The zero-order valence-corrected chi connectivity index (χ0v) is 13.2. The van der Waals surface area contributed by atoms with E-state index in [4.69, 9.17) is 0 Å². The van der Waals surface area contributed by atoms with Crippen LogP contribution in [-0.4, -0.2) is 40.5 Å². The molecule has 2 aromatic rings. The van der Waals surface area contributed by atoms with E-state index in [1.54, 1.807) is 0 Å². The molecular weight excluding hydrogens is 274 g/mol. The molecule has 0 saturated carbocycles. The molecular formula is C18H23N3O. The topological polar surface area (TPSA) is 48.1 Å². The number of H-pyrrole nitrogens is 1. The van der Waals surface area contributed by atoms with Crippen molar-refractivity contribution >= 4 is 16.8 Å². The summed E-state index contributed by atoms with van der Waals surface area (Å²) in [5, 5.41) is 4.39. The third kappa shape index (κ3) is 2.05. The molecule has 1 aromatic carbocycles. The number of nitrogens with zero attached hydrogens (tertiary/aromatic N) is 1. The molecule has 3 aliphatic heterocycles. The highest BCUT2D eigenvalue weighted by Gasteiger charge is 2.48. The molecule has 1 atom stereocenters. The van der Waals surface area contributed by atoms with Crippen LogP contribution in [0.1, 0.15) is 37.2 Å². The fourth-order valence-corrected chi connectivity index (χ4v) is 4.29. The van der Waals surface area contributed by atoms with Gasteiger partial charge in [0.15, 0.2) is 0 Å². The Balaban J connectivity index is 1.58. The van der Waals surface area contributed by atoms with Gasteiger partial charge in [-0.15, -0.1) is 0 Å². The molecule has 3 aliphatic rings. The molecule has 0 radical (unpaired) electrons. The summed E-state index contributed by atoms with van der Waals surface area (Å²) in [4.78, 5) is 18.4. The number of benzene rings is 1. The van der Waals surface area contributed by atoms with Crippen molar-refractivity contribution in [3.8, 4) is 0 Å². The first-order valence-electron chi connectivity index (χ1n) is 8.19. The van der Waals surface area contributed by atoms with E-state index >= 15 is 0 Å². The van der Waals surface area contributed by atoms with Crippen LogP contribution in [0, 0.1) is 5.92 Å². The van der Waals surface area contributed by atoms with Gasteiger partial charge in [-0.3, -0.25) is 9.69 Å². The van der Waals surface area contributed by atoms with E-state index in [0.29, 0.717) is 11.6 Å². The van der Waals surface area contributed by atoms with Crippen molar-refractivity contribution in [2.75, 3.05) is 13.1 Å². The van der Waals surface area contributed by atoms with Crippen LogP contribution in [-0.2, 0) is 0 Å². The Hall–Kier alpha value is -1.81. The molecule has 0 aliphatic carbocycles. The molecule has 0 spiro atoms. The summed E-state index contributed by atoms with van der Waals surface area (Å²) in [6.45, 7) is 6.84. The molecule has 22 heavy (non-hydrogen) atoms. The molecule has 2 bridgehead atoms. The van der Waals surface area contributed by atoms with Crippen LogP contribution < -0.4 is 5.32 Å². The number of rotatable bonds is 2. The van der Waals surface area contributed by atoms with Crippen LogP contribution in [0.2, 0.25) is 0 Å². The van der Waals surface area contributed by atoms with Gasteiger partial charge < -0.3 is 10.3 Å². The maximum atomic E-state index is 12.7. The molecule has 3 fully saturated rings. The Bertz CT molecular complexity index is 677. The first-order chi connectivity index (χ1) is 10.6. The highest BCUT2D eigenvalue weighted by molar-refractivity contribution is 5.98. The minimum Gasteiger partial charge on any atom is -0.351 e. The number of fused-ring (bicyclic) bond motifs is 4. The number of para-hydroxylation sites is 1. The van der Waals surface area contributed by atoms with Crippen molar-refractivity contribution in [2.24, 2.45) is 5.92 Å². The zero-order chi connectivity index (χ0) is 15.3. The lowest BCUT2D eigenvalue weighted by Gasteiger charge is -2.56. The van der Waals surface area contributed by atoms with Crippen LogP contribution in [0.15, 0.2) is 30.3 Å². The molecule has 3 saturated heterocycles. The Morgan fingerprint density at radius 3 is 2.68 bits per heavy atom. The molecule has 5 rings (SSSR count). The third-order valence-corrected chi connectivity index (χ3v) is 5.65. The van der Waals surface area contributed by atoms with Crippen LogP contribution in [0.5, 0.6) is 0 Å². The number of nitrogens with one attached hydrogen (secondary N) is 2. The third-order valence-electron chi connectivity index (χ3n) is 5.65. The van der Waals surface area contributed by atoms with Crippen molar-refractivity contribution in [3.63, 3.8) is 0 Å². The fourth-order valence-electron chi connectivity index (χ4n) is 4.29. The summed E-state index contributed by atoms with van der Waals surface area (Å²) in [7, 11) is 0. The lowest BCUT2D eigenvalue weighted by molar-refractivity contribution is -0.0378. The number of aromatic nitrogens is 1. The Morgan fingerprint density at radius 1 is 1.27 bits per heavy atom. The van der Waals surface area contributed by atoms with Crippen LogP contribution >= 0.6 is 0 Å². The molecule has 4 nitrogen and oxygen atoms in total. The Labute approximate surface area is 130 Å². The van der Waals surface area contributed by atoms with Crippen LogP contribution in [0.3, 0.4) is 0 Å². The Kier molecular flexibility index (Phi) is 3.05. The van der Waals surface area contributed by atoms with Crippen molar-refractivity contribution in [3.05, 3.63) is 36.0 Å².